The second-order valence-corrected chi connectivity index (χ2v) is 9.92. The maximum Gasteiger partial charge on any atom is 0.436 e. The molecule has 0 unspecified atom stereocenters. The first-order chi connectivity index (χ1) is 14.3. The van der Waals surface area contributed by atoms with E-state index in [9.17, 15) is 26.4 Å². The van der Waals surface area contributed by atoms with Gasteiger partial charge in [-0.05, 0) is 29.8 Å². The standard InChI is InChI=1S/C17H22BrF3N6O3S/c1-11-13(10-22-24(11)3)31(29,30)26-8-6-25(7-9-26)14(28)4-5-27-12(2)15(18)16(23-27)17(19,20)21/h10H,4-9H2,1-3H3. The summed E-state index contributed by atoms with van der Waals surface area (Å²) in [5.41, 5.74) is -0.220. The lowest BCUT2D eigenvalue weighted by atomic mass is 10.3. The van der Waals surface area contributed by atoms with E-state index in [0.29, 0.717) is 5.69 Å². The Morgan fingerprint density at radius 3 is 2.26 bits per heavy atom. The molecule has 0 aromatic carbocycles. The zero-order valence-corrected chi connectivity index (χ0v) is 19.6. The lowest BCUT2D eigenvalue weighted by molar-refractivity contribution is -0.142. The van der Waals surface area contributed by atoms with Crippen LogP contribution < -0.4 is 0 Å². The molecule has 0 radical (unpaired) electrons. The van der Waals surface area contributed by atoms with Crippen molar-refractivity contribution in [1.82, 2.24) is 28.8 Å². The lowest BCUT2D eigenvalue weighted by Crippen LogP contribution is -2.50. The molecular weight excluding hydrogens is 505 g/mol. The molecule has 0 spiro atoms. The van der Waals surface area contributed by atoms with Crippen LogP contribution in [0.15, 0.2) is 15.6 Å². The van der Waals surface area contributed by atoms with Crippen LogP contribution in [0, 0.1) is 13.8 Å². The number of amides is 1. The van der Waals surface area contributed by atoms with Crippen molar-refractivity contribution in [3.05, 3.63) is 27.8 Å². The van der Waals surface area contributed by atoms with Crippen molar-refractivity contribution in [2.45, 2.75) is 37.9 Å². The zero-order chi connectivity index (χ0) is 23.1. The van der Waals surface area contributed by atoms with E-state index in [4.69, 9.17) is 0 Å². The van der Waals surface area contributed by atoms with Crippen LogP contribution in [0.4, 0.5) is 13.2 Å². The molecule has 31 heavy (non-hydrogen) atoms. The van der Waals surface area contributed by atoms with Crippen LogP contribution in [0.2, 0.25) is 0 Å². The van der Waals surface area contributed by atoms with Crippen molar-refractivity contribution in [2.24, 2.45) is 7.05 Å². The van der Waals surface area contributed by atoms with Gasteiger partial charge >= 0.3 is 6.18 Å². The molecule has 1 saturated heterocycles. The third-order valence-corrected chi connectivity index (χ3v) is 8.29. The molecule has 2 aromatic rings. The first kappa shape index (κ1) is 23.7. The highest BCUT2D eigenvalue weighted by atomic mass is 79.9. The minimum atomic E-state index is -4.59. The molecule has 2 aromatic heterocycles. The number of nitrogens with zero attached hydrogens (tertiary/aromatic N) is 6. The largest absolute Gasteiger partial charge is 0.436 e. The fourth-order valence-electron chi connectivity index (χ4n) is 3.33. The molecule has 0 bridgehead atoms. The highest BCUT2D eigenvalue weighted by Gasteiger charge is 2.38. The molecule has 0 saturated carbocycles. The van der Waals surface area contributed by atoms with Gasteiger partial charge in [0.1, 0.15) is 4.90 Å². The summed E-state index contributed by atoms with van der Waals surface area (Å²) < 4.78 is 68.4. The summed E-state index contributed by atoms with van der Waals surface area (Å²) in [6.07, 6.45) is -3.32. The Hall–Kier alpha value is -1.93. The van der Waals surface area contributed by atoms with Crippen molar-refractivity contribution in [3.63, 3.8) is 0 Å². The fraction of sp³-hybridized carbons (Fsp3) is 0.588. The number of aryl methyl sites for hydroxylation is 2. The maximum absolute atomic E-state index is 13.0. The first-order valence-corrected chi connectivity index (χ1v) is 11.6. The van der Waals surface area contributed by atoms with Crippen LogP contribution in [0.1, 0.15) is 23.5 Å². The molecule has 1 fully saturated rings. The summed E-state index contributed by atoms with van der Waals surface area (Å²) in [5.74, 6) is -0.269. The number of carbonyl (C=O) groups is 1. The van der Waals surface area contributed by atoms with Crippen LogP contribution in [-0.4, -0.2) is 69.3 Å². The van der Waals surface area contributed by atoms with Gasteiger partial charge < -0.3 is 4.90 Å². The highest BCUT2D eigenvalue weighted by Crippen LogP contribution is 2.35. The quantitative estimate of drug-likeness (QED) is 0.593. The van der Waals surface area contributed by atoms with E-state index in [1.54, 1.807) is 14.0 Å². The third-order valence-electron chi connectivity index (χ3n) is 5.34. The molecular formula is C17H22BrF3N6O3S. The van der Waals surface area contributed by atoms with Crippen molar-refractivity contribution in [1.29, 1.82) is 0 Å². The Morgan fingerprint density at radius 1 is 1.16 bits per heavy atom. The Labute approximate surface area is 186 Å². The Morgan fingerprint density at radius 2 is 1.77 bits per heavy atom. The summed E-state index contributed by atoms with van der Waals surface area (Å²) >= 11 is 2.90. The van der Waals surface area contributed by atoms with Crippen LogP contribution in [-0.2, 0) is 34.6 Å². The summed E-state index contributed by atoms with van der Waals surface area (Å²) in [5, 5.41) is 7.53. The van der Waals surface area contributed by atoms with E-state index in [0.717, 1.165) is 4.68 Å². The average Bonchev–Trinajstić information content (AvgIpc) is 3.19. The highest BCUT2D eigenvalue weighted by molar-refractivity contribution is 9.10. The SMILES string of the molecule is Cc1c(S(=O)(=O)N2CCN(C(=O)CCn3nc(C(F)(F)F)c(Br)c3C)CC2)cnn1C. The van der Waals surface area contributed by atoms with Gasteiger partial charge in [0, 0.05) is 39.6 Å². The second kappa shape index (κ2) is 8.54. The minimum absolute atomic E-state index is 0.00720. The molecule has 0 N–H and O–H groups in total. The van der Waals surface area contributed by atoms with Crippen LogP contribution in [0.5, 0.6) is 0 Å². The minimum Gasteiger partial charge on any atom is -0.340 e. The number of hydrogen-bond acceptors (Lipinski definition) is 5. The summed E-state index contributed by atoms with van der Waals surface area (Å²) in [7, 11) is -2.06. The van der Waals surface area contributed by atoms with Crippen molar-refractivity contribution in [2.75, 3.05) is 26.2 Å². The third kappa shape index (κ3) is 4.65. The number of halogens is 4. The Bertz CT molecular complexity index is 1090. The smallest absolute Gasteiger partial charge is 0.340 e. The number of piperazine rings is 1. The zero-order valence-electron chi connectivity index (χ0n) is 17.1. The van der Waals surface area contributed by atoms with Crippen molar-refractivity contribution < 1.29 is 26.4 Å². The number of rotatable bonds is 5. The number of sulfonamides is 1. The predicted octanol–water partition coefficient (Wildman–Crippen LogP) is 1.94. The molecule has 9 nitrogen and oxygen atoms in total. The van der Waals surface area contributed by atoms with Crippen molar-refractivity contribution in [3.8, 4) is 0 Å². The van der Waals surface area contributed by atoms with E-state index >= 15 is 0 Å². The number of alkyl halides is 3. The number of aromatic nitrogens is 4. The fourth-order valence-corrected chi connectivity index (χ4v) is 5.45. The van der Waals surface area contributed by atoms with E-state index in [1.165, 1.54) is 27.0 Å². The summed E-state index contributed by atoms with van der Waals surface area (Å²) in [6.45, 7) is 3.81. The van der Waals surface area contributed by atoms with Crippen LogP contribution >= 0.6 is 15.9 Å². The molecule has 14 heteroatoms. The van der Waals surface area contributed by atoms with Crippen LogP contribution in [0.3, 0.4) is 0 Å². The van der Waals surface area contributed by atoms with Crippen LogP contribution in [0.25, 0.3) is 0 Å². The van der Waals surface area contributed by atoms with E-state index in [1.807, 2.05) is 0 Å². The summed E-state index contributed by atoms with van der Waals surface area (Å²) in [4.78, 5) is 14.2. The molecule has 1 amide bonds. The summed E-state index contributed by atoms with van der Waals surface area (Å²) in [6, 6.07) is 0. The molecule has 3 heterocycles. The van der Waals surface area contributed by atoms with E-state index < -0.39 is 21.9 Å². The van der Waals surface area contributed by atoms with Gasteiger partial charge in [-0.1, -0.05) is 0 Å². The van der Waals surface area contributed by atoms with Gasteiger partial charge in [-0.2, -0.15) is 27.7 Å². The molecule has 0 aliphatic carbocycles. The number of hydrogen-bond donors (Lipinski definition) is 0. The lowest BCUT2D eigenvalue weighted by Gasteiger charge is -2.34. The first-order valence-electron chi connectivity index (χ1n) is 9.40. The van der Waals surface area contributed by atoms with Gasteiger partial charge in [-0.25, -0.2) is 8.42 Å². The predicted molar refractivity (Wildman–Crippen MR) is 108 cm³/mol. The van der Waals surface area contributed by atoms with Gasteiger partial charge in [0.05, 0.1) is 28.6 Å². The molecule has 0 atom stereocenters. The molecule has 172 valence electrons. The van der Waals surface area contributed by atoms with E-state index in [2.05, 4.69) is 26.1 Å². The number of carbonyl (C=O) groups excluding carboxylic acids is 1. The van der Waals surface area contributed by atoms with Gasteiger partial charge in [-0.15, -0.1) is 0 Å². The molecule has 1 aliphatic rings. The van der Waals surface area contributed by atoms with Gasteiger partial charge in [-0.3, -0.25) is 14.2 Å². The van der Waals surface area contributed by atoms with Gasteiger partial charge in [0.25, 0.3) is 0 Å². The van der Waals surface area contributed by atoms with E-state index in [-0.39, 0.29) is 60.1 Å². The second-order valence-electron chi connectivity index (χ2n) is 7.22. The average molecular weight is 527 g/mol. The maximum atomic E-state index is 13.0. The normalized spacial score (nSPS) is 16.2. The Balaban J connectivity index is 1.60. The Kier molecular flexibility index (Phi) is 6.54. The van der Waals surface area contributed by atoms with Gasteiger partial charge in [0.2, 0.25) is 15.9 Å². The van der Waals surface area contributed by atoms with Gasteiger partial charge in [0.15, 0.2) is 5.69 Å². The molecule has 1 aliphatic heterocycles. The topological polar surface area (TPSA) is 93.3 Å². The molecule has 3 rings (SSSR count). The monoisotopic (exact) mass is 526 g/mol. The van der Waals surface area contributed by atoms with Crippen molar-refractivity contribution >= 4 is 31.9 Å².